The van der Waals surface area contributed by atoms with Crippen LogP contribution in [-0.2, 0) is 0 Å². The molecule has 1 N–H and O–H groups in total. The molecule has 1 atom stereocenters. The van der Waals surface area contributed by atoms with E-state index in [2.05, 4.69) is 25.1 Å². The molecule has 94 valence electrons. The van der Waals surface area contributed by atoms with E-state index in [1.807, 2.05) is 31.6 Å². The van der Waals surface area contributed by atoms with Crippen molar-refractivity contribution in [1.29, 1.82) is 0 Å². The summed E-state index contributed by atoms with van der Waals surface area (Å²) < 4.78 is 0. The first-order chi connectivity index (χ1) is 8.84. The van der Waals surface area contributed by atoms with Crippen LogP contribution in [0.5, 0.6) is 0 Å². The highest BCUT2D eigenvalue weighted by atomic mass is 15.2. The molecule has 1 aliphatic rings. The molecule has 0 radical (unpaired) electrons. The van der Waals surface area contributed by atoms with Crippen molar-refractivity contribution in [2.45, 2.75) is 32.2 Å². The Hall–Kier alpha value is -1.91. The fourth-order valence-electron chi connectivity index (χ4n) is 2.60. The normalized spacial score (nSPS) is 20.1. The van der Waals surface area contributed by atoms with Crippen LogP contribution in [0.15, 0.2) is 24.7 Å². The van der Waals surface area contributed by atoms with Gasteiger partial charge in [-0.05, 0) is 32.3 Å². The zero-order valence-corrected chi connectivity index (χ0v) is 10.5. The van der Waals surface area contributed by atoms with Crippen LogP contribution < -0.4 is 4.90 Å². The van der Waals surface area contributed by atoms with E-state index < -0.39 is 0 Å². The predicted molar refractivity (Wildman–Crippen MR) is 69.3 cm³/mol. The van der Waals surface area contributed by atoms with E-state index in [0.717, 1.165) is 24.6 Å². The van der Waals surface area contributed by atoms with Gasteiger partial charge in [0.05, 0.1) is 12.2 Å². The van der Waals surface area contributed by atoms with Crippen molar-refractivity contribution < 1.29 is 0 Å². The van der Waals surface area contributed by atoms with E-state index in [1.165, 1.54) is 18.4 Å². The number of aromatic nitrogens is 4. The van der Waals surface area contributed by atoms with E-state index in [4.69, 9.17) is 0 Å². The quantitative estimate of drug-likeness (QED) is 0.878. The van der Waals surface area contributed by atoms with E-state index in [0.29, 0.717) is 6.04 Å². The molecule has 1 saturated heterocycles. The fourth-order valence-corrected chi connectivity index (χ4v) is 2.60. The SMILES string of the molecule is Cc1nccc(N2CCCC[C@H]2c2cn[nH]c2)n1. The van der Waals surface area contributed by atoms with Gasteiger partial charge in [0.2, 0.25) is 0 Å². The molecule has 18 heavy (non-hydrogen) atoms. The van der Waals surface area contributed by atoms with Gasteiger partial charge in [-0.15, -0.1) is 0 Å². The first-order valence-electron chi connectivity index (χ1n) is 6.39. The number of rotatable bonds is 2. The van der Waals surface area contributed by atoms with Gasteiger partial charge in [-0.2, -0.15) is 5.10 Å². The molecule has 2 aromatic heterocycles. The third kappa shape index (κ3) is 2.08. The van der Waals surface area contributed by atoms with Gasteiger partial charge in [0.1, 0.15) is 11.6 Å². The number of hydrogen-bond donors (Lipinski definition) is 1. The molecular formula is C13H17N5. The molecule has 0 aromatic carbocycles. The molecule has 0 bridgehead atoms. The topological polar surface area (TPSA) is 57.7 Å². The second-order valence-electron chi connectivity index (χ2n) is 4.70. The first kappa shape index (κ1) is 11.2. The van der Waals surface area contributed by atoms with Gasteiger partial charge >= 0.3 is 0 Å². The largest absolute Gasteiger partial charge is 0.349 e. The Labute approximate surface area is 106 Å². The number of piperidine rings is 1. The van der Waals surface area contributed by atoms with Crippen molar-refractivity contribution in [3.63, 3.8) is 0 Å². The minimum absolute atomic E-state index is 0.381. The van der Waals surface area contributed by atoms with Crippen LogP contribution in [-0.4, -0.2) is 26.7 Å². The molecule has 0 spiro atoms. The van der Waals surface area contributed by atoms with Crippen LogP contribution in [0.1, 0.15) is 36.7 Å². The molecule has 5 nitrogen and oxygen atoms in total. The highest BCUT2D eigenvalue weighted by molar-refractivity contribution is 5.41. The van der Waals surface area contributed by atoms with Crippen LogP contribution in [0.2, 0.25) is 0 Å². The summed E-state index contributed by atoms with van der Waals surface area (Å²) >= 11 is 0. The maximum atomic E-state index is 4.54. The minimum atomic E-state index is 0.381. The van der Waals surface area contributed by atoms with Crippen molar-refractivity contribution in [2.75, 3.05) is 11.4 Å². The molecule has 0 aliphatic carbocycles. The van der Waals surface area contributed by atoms with Gasteiger partial charge in [0.15, 0.2) is 0 Å². The van der Waals surface area contributed by atoms with E-state index in [1.54, 1.807) is 0 Å². The summed E-state index contributed by atoms with van der Waals surface area (Å²) in [6.45, 7) is 2.98. The van der Waals surface area contributed by atoms with Crippen molar-refractivity contribution in [3.8, 4) is 0 Å². The molecular weight excluding hydrogens is 226 g/mol. The zero-order chi connectivity index (χ0) is 12.4. The number of hydrogen-bond acceptors (Lipinski definition) is 4. The Morgan fingerprint density at radius 1 is 1.39 bits per heavy atom. The molecule has 0 saturated carbocycles. The minimum Gasteiger partial charge on any atom is -0.349 e. The van der Waals surface area contributed by atoms with Gasteiger partial charge in [0.25, 0.3) is 0 Å². The molecule has 0 unspecified atom stereocenters. The summed E-state index contributed by atoms with van der Waals surface area (Å²) in [4.78, 5) is 11.1. The average molecular weight is 243 g/mol. The van der Waals surface area contributed by atoms with Gasteiger partial charge in [0, 0.05) is 24.5 Å². The van der Waals surface area contributed by atoms with E-state index >= 15 is 0 Å². The Morgan fingerprint density at radius 3 is 3.11 bits per heavy atom. The Balaban J connectivity index is 1.93. The average Bonchev–Trinajstić information content (AvgIpc) is 2.92. The van der Waals surface area contributed by atoms with E-state index in [-0.39, 0.29) is 0 Å². The Morgan fingerprint density at radius 2 is 2.33 bits per heavy atom. The van der Waals surface area contributed by atoms with Crippen molar-refractivity contribution >= 4 is 5.82 Å². The number of aryl methyl sites for hydroxylation is 1. The molecule has 1 fully saturated rings. The van der Waals surface area contributed by atoms with Crippen LogP contribution >= 0.6 is 0 Å². The standard InChI is InChI=1S/C13H17N5/c1-10-14-6-5-13(17-10)18-7-3-2-4-12(18)11-8-15-16-9-11/h5-6,8-9,12H,2-4,7H2,1H3,(H,15,16)/t12-/m0/s1. The summed E-state index contributed by atoms with van der Waals surface area (Å²) in [7, 11) is 0. The summed E-state index contributed by atoms with van der Waals surface area (Å²) in [5.74, 6) is 1.84. The lowest BCUT2D eigenvalue weighted by Gasteiger charge is -2.36. The first-order valence-corrected chi connectivity index (χ1v) is 6.39. The van der Waals surface area contributed by atoms with Gasteiger partial charge in [-0.3, -0.25) is 5.10 Å². The molecule has 2 aromatic rings. The Bertz CT molecular complexity index is 508. The molecule has 5 heteroatoms. The Kier molecular flexibility index (Phi) is 2.96. The molecule has 3 rings (SSSR count). The van der Waals surface area contributed by atoms with Crippen molar-refractivity contribution in [1.82, 2.24) is 20.2 Å². The summed E-state index contributed by atoms with van der Waals surface area (Å²) in [5, 5.41) is 6.96. The van der Waals surface area contributed by atoms with Gasteiger partial charge in [-0.1, -0.05) is 0 Å². The number of nitrogens with zero attached hydrogens (tertiary/aromatic N) is 4. The lowest BCUT2D eigenvalue weighted by atomic mass is 9.97. The maximum absolute atomic E-state index is 4.54. The summed E-state index contributed by atoms with van der Waals surface area (Å²) in [6.07, 6.45) is 9.36. The predicted octanol–water partition coefficient (Wildman–Crippen LogP) is 2.24. The summed E-state index contributed by atoms with van der Waals surface area (Å²) in [5.41, 5.74) is 1.24. The number of nitrogens with one attached hydrogen (secondary N) is 1. The van der Waals surface area contributed by atoms with Crippen LogP contribution in [0.25, 0.3) is 0 Å². The lowest BCUT2D eigenvalue weighted by molar-refractivity contribution is 0.469. The van der Waals surface area contributed by atoms with Gasteiger partial charge in [-0.25, -0.2) is 9.97 Å². The van der Waals surface area contributed by atoms with E-state index in [9.17, 15) is 0 Å². The van der Waals surface area contributed by atoms with Crippen molar-refractivity contribution in [3.05, 3.63) is 36.0 Å². The number of anilines is 1. The smallest absolute Gasteiger partial charge is 0.132 e. The number of H-pyrrole nitrogens is 1. The van der Waals surface area contributed by atoms with Crippen molar-refractivity contribution in [2.24, 2.45) is 0 Å². The van der Waals surface area contributed by atoms with Crippen LogP contribution in [0.3, 0.4) is 0 Å². The zero-order valence-electron chi connectivity index (χ0n) is 10.5. The molecule has 1 aliphatic heterocycles. The highest BCUT2D eigenvalue weighted by Gasteiger charge is 2.25. The fraction of sp³-hybridized carbons (Fsp3) is 0.462. The second-order valence-corrected chi connectivity index (χ2v) is 4.70. The monoisotopic (exact) mass is 243 g/mol. The van der Waals surface area contributed by atoms with Gasteiger partial charge < -0.3 is 4.90 Å². The highest BCUT2D eigenvalue weighted by Crippen LogP contribution is 2.33. The third-order valence-corrected chi connectivity index (χ3v) is 3.46. The second kappa shape index (κ2) is 4.76. The molecule has 3 heterocycles. The van der Waals surface area contributed by atoms with Crippen LogP contribution in [0, 0.1) is 6.92 Å². The third-order valence-electron chi connectivity index (χ3n) is 3.46. The molecule has 0 amide bonds. The lowest BCUT2D eigenvalue weighted by Crippen LogP contribution is -2.34. The maximum Gasteiger partial charge on any atom is 0.132 e. The van der Waals surface area contributed by atoms with Crippen LogP contribution in [0.4, 0.5) is 5.82 Å². The summed E-state index contributed by atoms with van der Waals surface area (Å²) in [6, 6.07) is 2.37. The number of aromatic amines is 1.